The number of rotatable bonds is 1. The van der Waals surface area contributed by atoms with Gasteiger partial charge in [0.1, 0.15) is 1.37 Å². The SMILES string of the molecule is [2H]C(=O)c1cncc2ccccc12. The highest BCUT2D eigenvalue weighted by molar-refractivity contribution is 5.97. The number of aldehydes is 1. The molecule has 0 aliphatic rings. The lowest BCUT2D eigenvalue weighted by Crippen LogP contribution is -1.84. The van der Waals surface area contributed by atoms with Gasteiger partial charge in [-0.2, -0.15) is 0 Å². The molecule has 0 aliphatic heterocycles. The molecule has 0 saturated heterocycles. The number of aromatic nitrogens is 1. The highest BCUT2D eigenvalue weighted by atomic mass is 16.1. The Kier molecular flexibility index (Phi) is 1.34. The lowest BCUT2D eigenvalue weighted by Gasteiger charge is -1.97. The molecule has 0 radical (unpaired) electrons. The molecule has 2 aromatic rings. The van der Waals surface area contributed by atoms with Crippen LogP contribution in [0, 0.1) is 0 Å². The Morgan fingerprint density at radius 1 is 1.33 bits per heavy atom. The fraction of sp³-hybridized carbons (Fsp3) is 0. The first kappa shape index (κ1) is 5.89. The molecule has 0 unspecified atom stereocenters. The molecule has 0 spiro atoms. The van der Waals surface area contributed by atoms with Crippen LogP contribution in [0.25, 0.3) is 10.8 Å². The van der Waals surface area contributed by atoms with Crippen LogP contribution in [0.3, 0.4) is 0 Å². The predicted molar refractivity (Wildman–Crippen MR) is 47.1 cm³/mol. The van der Waals surface area contributed by atoms with Gasteiger partial charge < -0.3 is 0 Å². The van der Waals surface area contributed by atoms with E-state index in [0.29, 0.717) is 5.56 Å². The Bertz CT molecular complexity index is 462. The summed E-state index contributed by atoms with van der Waals surface area (Å²) in [6, 6.07) is 7.41. The fourth-order valence-corrected chi connectivity index (χ4v) is 1.20. The van der Waals surface area contributed by atoms with E-state index in [-0.39, 0.29) is 0 Å². The van der Waals surface area contributed by atoms with Crippen LogP contribution in [-0.4, -0.2) is 11.2 Å². The standard InChI is InChI=1S/C10H7NO/c12-7-9-6-11-5-8-3-1-2-4-10(8)9/h1-7H/i7D. The van der Waals surface area contributed by atoms with Gasteiger partial charge in [0.05, 0.1) is 0 Å². The molecule has 0 aliphatic carbocycles. The van der Waals surface area contributed by atoms with Crippen LogP contribution in [0.1, 0.15) is 11.7 Å². The molecule has 2 heteroatoms. The minimum atomic E-state index is -0.690. The van der Waals surface area contributed by atoms with Gasteiger partial charge in [-0.15, -0.1) is 0 Å². The van der Waals surface area contributed by atoms with Crippen molar-refractivity contribution in [2.45, 2.75) is 0 Å². The van der Waals surface area contributed by atoms with E-state index in [4.69, 9.17) is 1.37 Å². The summed E-state index contributed by atoms with van der Waals surface area (Å²) in [5, 5.41) is 1.68. The molecule has 1 aromatic heterocycles. The molecule has 0 amide bonds. The molecule has 2 nitrogen and oxygen atoms in total. The van der Waals surface area contributed by atoms with Crippen LogP contribution in [-0.2, 0) is 0 Å². The summed E-state index contributed by atoms with van der Waals surface area (Å²) in [6.07, 6.45) is 2.42. The quantitative estimate of drug-likeness (QED) is 0.594. The number of benzene rings is 1. The molecule has 12 heavy (non-hydrogen) atoms. The highest BCUT2D eigenvalue weighted by Crippen LogP contribution is 2.14. The highest BCUT2D eigenvalue weighted by Gasteiger charge is 1.97. The second-order valence-corrected chi connectivity index (χ2v) is 2.51. The molecular formula is C10H7NO. The van der Waals surface area contributed by atoms with Crippen molar-refractivity contribution in [2.75, 3.05) is 0 Å². The van der Waals surface area contributed by atoms with E-state index in [9.17, 15) is 4.79 Å². The summed E-state index contributed by atoms with van der Waals surface area (Å²) < 4.78 is 7.02. The Labute approximate surface area is 71.3 Å². The summed E-state index contributed by atoms with van der Waals surface area (Å²) in [5.41, 5.74) is 0.359. The third kappa shape index (κ3) is 0.975. The van der Waals surface area contributed by atoms with Crippen molar-refractivity contribution >= 4 is 17.0 Å². The zero-order valence-electron chi connectivity index (χ0n) is 7.32. The van der Waals surface area contributed by atoms with Crippen LogP contribution in [0.2, 0.25) is 0 Å². The van der Waals surface area contributed by atoms with Gasteiger partial charge in [-0.1, -0.05) is 24.3 Å². The van der Waals surface area contributed by atoms with Crippen LogP contribution >= 0.6 is 0 Å². The average Bonchev–Trinajstić information content (AvgIpc) is 2.17. The van der Waals surface area contributed by atoms with E-state index in [0.717, 1.165) is 10.8 Å². The van der Waals surface area contributed by atoms with E-state index in [1.54, 1.807) is 6.20 Å². The molecule has 0 saturated carbocycles. The van der Waals surface area contributed by atoms with E-state index in [2.05, 4.69) is 4.98 Å². The van der Waals surface area contributed by atoms with Crippen LogP contribution in [0.5, 0.6) is 0 Å². The maximum atomic E-state index is 10.9. The van der Waals surface area contributed by atoms with Gasteiger partial charge in [0.15, 0.2) is 6.26 Å². The van der Waals surface area contributed by atoms with Crippen molar-refractivity contribution in [3.63, 3.8) is 0 Å². The summed E-state index contributed by atoms with van der Waals surface area (Å²) in [7, 11) is 0. The zero-order chi connectivity index (χ0) is 9.26. The van der Waals surface area contributed by atoms with Crippen LogP contribution in [0.4, 0.5) is 0 Å². The van der Waals surface area contributed by atoms with E-state index in [1.807, 2.05) is 24.3 Å². The molecule has 58 valence electrons. The molecule has 0 fully saturated rings. The lowest BCUT2D eigenvalue weighted by atomic mass is 10.1. The topological polar surface area (TPSA) is 30.0 Å². The lowest BCUT2D eigenvalue weighted by molar-refractivity contribution is 0.112. The normalized spacial score (nSPS) is 11.2. The van der Waals surface area contributed by atoms with Gasteiger partial charge in [-0.05, 0) is 5.39 Å². The van der Waals surface area contributed by atoms with E-state index < -0.39 is 6.26 Å². The second kappa shape index (κ2) is 2.74. The minimum absolute atomic E-state index is 0.359. The second-order valence-electron chi connectivity index (χ2n) is 2.51. The van der Waals surface area contributed by atoms with Crippen molar-refractivity contribution in [3.05, 3.63) is 42.2 Å². The largest absolute Gasteiger partial charge is 0.298 e. The number of hydrogen-bond donors (Lipinski definition) is 0. The predicted octanol–water partition coefficient (Wildman–Crippen LogP) is 2.05. The Morgan fingerprint density at radius 2 is 2.17 bits per heavy atom. The Morgan fingerprint density at radius 3 is 3.00 bits per heavy atom. The van der Waals surface area contributed by atoms with E-state index in [1.165, 1.54) is 6.20 Å². The van der Waals surface area contributed by atoms with Gasteiger partial charge in [-0.3, -0.25) is 9.78 Å². The van der Waals surface area contributed by atoms with Crippen molar-refractivity contribution in [1.82, 2.24) is 4.98 Å². The monoisotopic (exact) mass is 158 g/mol. The zero-order valence-corrected chi connectivity index (χ0v) is 6.32. The number of fused-ring (bicyclic) bond motifs is 1. The van der Waals surface area contributed by atoms with Gasteiger partial charge >= 0.3 is 0 Å². The first-order chi connectivity index (χ1) is 6.29. The summed E-state index contributed by atoms with van der Waals surface area (Å²) in [5.74, 6) is 0. The molecular weight excluding hydrogens is 150 g/mol. The Balaban J connectivity index is 2.83. The van der Waals surface area contributed by atoms with Gasteiger partial charge in [0, 0.05) is 23.3 Å². The third-order valence-electron chi connectivity index (χ3n) is 1.78. The minimum Gasteiger partial charge on any atom is -0.298 e. The maximum Gasteiger partial charge on any atom is 0.152 e. The van der Waals surface area contributed by atoms with E-state index >= 15 is 0 Å². The molecule has 0 N–H and O–H groups in total. The van der Waals surface area contributed by atoms with Gasteiger partial charge in [0.2, 0.25) is 0 Å². The molecule has 1 heterocycles. The summed E-state index contributed by atoms with van der Waals surface area (Å²) in [6.45, 7) is 0. The van der Waals surface area contributed by atoms with Crippen molar-refractivity contribution in [3.8, 4) is 0 Å². The smallest absolute Gasteiger partial charge is 0.152 e. The van der Waals surface area contributed by atoms with Gasteiger partial charge in [-0.25, -0.2) is 0 Å². The fourth-order valence-electron chi connectivity index (χ4n) is 1.20. The number of pyridine rings is 1. The third-order valence-corrected chi connectivity index (χ3v) is 1.78. The molecule has 0 bridgehead atoms. The van der Waals surface area contributed by atoms with Crippen molar-refractivity contribution < 1.29 is 6.17 Å². The van der Waals surface area contributed by atoms with Crippen LogP contribution < -0.4 is 0 Å². The molecule has 2 rings (SSSR count). The van der Waals surface area contributed by atoms with Crippen molar-refractivity contribution in [2.24, 2.45) is 0 Å². The number of nitrogens with zero attached hydrogens (tertiary/aromatic N) is 1. The molecule has 1 aromatic carbocycles. The number of hydrogen-bond acceptors (Lipinski definition) is 2. The summed E-state index contributed by atoms with van der Waals surface area (Å²) >= 11 is 0. The average molecular weight is 158 g/mol. The van der Waals surface area contributed by atoms with Gasteiger partial charge in [0.25, 0.3) is 0 Å². The van der Waals surface area contributed by atoms with Crippen LogP contribution in [0.15, 0.2) is 36.7 Å². The van der Waals surface area contributed by atoms with Crippen molar-refractivity contribution in [1.29, 1.82) is 0 Å². The Hall–Kier alpha value is -1.70. The molecule has 0 atom stereocenters. The number of carbonyl (C=O) groups is 1. The first-order valence-corrected chi connectivity index (χ1v) is 3.63. The number of carbonyl (C=O) groups excluding carboxylic acids is 1. The first-order valence-electron chi connectivity index (χ1n) is 4.13. The summed E-state index contributed by atoms with van der Waals surface area (Å²) in [4.78, 5) is 14.8. The maximum absolute atomic E-state index is 10.9.